The zero-order valence-electron chi connectivity index (χ0n) is 20.3. The Bertz CT molecular complexity index is 912. The molecule has 4 rings (SSSR count). The van der Waals surface area contributed by atoms with Gasteiger partial charge in [-0.3, -0.25) is 29.0 Å². The number of likely N-dealkylation sites (tertiary alicyclic amines) is 2. The molecule has 10 nitrogen and oxygen atoms in total. The summed E-state index contributed by atoms with van der Waals surface area (Å²) in [7, 11) is 0. The van der Waals surface area contributed by atoms with Crippen molar-refractivity contribution in [1.29, 1.82) is 0 Å². The summed E-state index contributed by atoms with van der Waals surface area (Å²) in [4.78, 5) is 76.6. The first-order chi connectivity index (χ1) is 17.3. The molecule has 0 aromatic rings. The second kappa shape index (κ2) is 10.8. The predicted octanol–water partition coefficient (Wildman–Crippen LogP) is 1.25. The first-order valence-corrected chi connectivity index (χ1v) is 12.6. The van der Waals surface area contributed by atoms with E-state index in [1.165, 1.54) is 9.80 Å². The van der Waals surface area contributed by atoms with Crippen LogP contribution in [-0.2, 0) is 38.2 Å². The first kappa shape index (κ1) is 25.8. The van der Waals surface area contributed by atoms with Crippen molar-refractivity contribution in [2.24, 2.45) is 35.5 Å². The van der Waals surface area contributed by atoms with Crippen LogP contribution < -0.4 is 0 Å². The molecule has 0 radical (unpaired) electrons. The van der Waals surface area contributed by atoms with E-state index in [1.807, 2.05) is 0 Å². The zero-order chi connectivity index (χ0) is 26.0. The number of esters is 2. The molecule has 4 fully saturated rings. The zero-order valence-corrected chi connectivity index (χ0v) is 20.3. The molecule has 2 aliphatic heterocycles. The Morgan fingerprint density at radius 1 is 0.667 bits per heavy atom. The minimum Gasteiger partial charge on any atom is -0.461 e. The van der Waals surface area contributed by atoms with Crippen LogP contribution in [0.4, 0.5) is 0 Å². The van der Waals surface area contributed by atoms with Gasteiger partial charge in [-0.05, 0) is 50.4 Å². The van der Waals surface area contributed by atoms with E-state index in [-0.39, 0.29) is 85.4 Å². The number of fused-ring (bicyclic) bond motifs is 2. The number of amides is 4. The lowest BCUT2D eigenvalue weighted by Crippen LogP contribution is -2.36. The van der Waals surface area contributed by atoms with Gasteiger partial charge in [0.25, 0.3) is 0 Å². The van der Waals surface area contributed by atoms with Gasteiger partial charge in [-0.25, -0.2) is 9.59 Å². The highest BCUT2D eigenvalue weighted by atomic mass is 16.5. The lowest BCUT2D eigenvalue weighted by atomic mass is 9.64. The maximum atomic E-state index is 13.0. The van der Waals surface area contributed by atoms with Gasteiger partial charge in [0, 0.05) is 12.2 Å². The fourth-order valence-corrected chi connectivity index (χ4v) is 6.45. The summed E-state index contributed by atoms with van der Waals surface area (Å²) in [6.07, 6.45) is 6.06. The summed E-state index contributed by atoms with van der Waals surface area (Å²) in [5.74, 6) is -3.10. The van der Waals surface area contributed by atoms with Gasteiger partial charge in [0.05, 0.1) is 36.8 Å². The molecule has 2 aliphatic carbocycles. The van der Waals surface area contributed by atoms with Crippen LogP contribution in [0.15, 0.2) is 25.3 Å². The van der Waals surface area contributed by atoms with Crippen molar-refractivity contribution < 1.29 is 38.2 Å². The molecule has 0 aromatic carbocycles. The SMILES string of the molecule is C=CC(=O)OCCN1C(=O)C2CCC(C3CCC4C(=O)N(CCOC(=O)C=C)C(=O)C4C3)CC2C1=O. The highest BCUT2D eigenvalue weighted by molar-refractivity contribution is 6.06. The molecule has 194 valence electrons. The van der Waals surface area contributed by atoms with Crippen LogP contribution in [0.2, 0.25) is 0 Å². The fourth-order valence-electron chi connectivity index (χ4n) is 6.45. The number of hydrogen-bond donors (Lipinski definition) is 0. The molecule has 0 spiro atoms. The topological polar surface area (TPSA) is 127 Å². The third kappa shape index (κ3) is 4.85. The molecule has 2 saturated carbocycles. The van der Waals surface area contributed by atoms with E-state index < -0.39 is 11.9 Å². The summed E-state index contributed by atoms with van der Waals surface area (Å²) in [5.41, 5.74) is 0. The minimum atomic E-state index is -0.599. The number of carbonyl (C=O) groups excluding carboxylic acids is 6. The largest absolute Gasteiger partial charge is 0.461 e. The average Bonchev–Trinajstić information content (AvgIpc) is 3.27. The average molecular weight is 501 g/mol. The second-order valence-electron chi connectivity index (χ2n) is 9.97. The smallest absolute Gasteiger partial charge is 0.330 e. The molecule has 0 bridgehead atoms. The molecule has 6 unspecified atom stereocenters. The van der Waals surface area contributed by atoms with Gasteiger partial charge < -0.3 is 9.47 Å². The quantitative estimate of drug-likeness (QED) is 0.263. The van der Waals surface area contributed by atoms with Crippen molar-refractivity contribution in [1.82, 2.24) is 9.80 Å². The van der Waals surface area contributed by atoms with Crippen LogP contribution in [0, 0.1) is 35.5 Å². The molecular weight excluding hydrogens is 468 g/mol. The van der Waals surface area contributed by atoms with Crippen LogP contribution >= 0.6 is 0 Å². The minimum absolute atomic E-state index is 0.0383. The lowest BCUT2D eigenvalue weighted by molar-refractivity contribution is -0.145. The van der Waals surface area contributed by atoms with Crippen molar-refractivity contribution in [2.75, 3.05) is 26.3 Å². The molecule has 10 heteroatoms. The Hall–Kier alpha value is -3.30. The van der Waals surface area contributed by atoms with Crippen LogP contribution in [-0.4, -0.2) is 71.7 Å². The molecule has 2 heterocycles. The molecule has 6 atom stereocenters. The normalized spacial score (nSPS) is 31.7. The van der Waals surface area contributed by atoms with E-state index in [9.17, 15) is 28.8 Å². The van der Waals surface area contributed by atoms with E-state index in [0.717, 1.165) is 25.0 Å². The van der Waals surface area contributed by atoms with Crippen molar-refractivity contribution >= 4 is 35.6 Å². The van der Waals surface area contributed by atoms with Crippen molar-refractivity contribution in [3.05, 3.63) is 25.3 Å². The van der Waals surface area contributed by atoms with E-state index in [4.69, 9.17) is 9.47 Å². The summed E-state index contributed by atoms with van der Waals surface area (Å²) in [6.45, 7) is 6.60. The van der Waals surface area contributed by atoms with E-state index in [0.29, 0.717) is 25.7 Å². The van der Waals surface area contributed by atoms with Crippen molar-refractivity contribution in [3.63, 3.8) is 0 Å². The number of ether oxygens (including phenoxy) is 2. The van der Waals surface area contributed by atoms with E-state index >= 15 is 0 Å². The molecule has 0 N–H and O–H groups in total. The van der Waals surface area contributed by atoms with Crippen LogP contribution in [0.3, 0.4) is 0 Å². The van der Waals surface area contributed by atoms with Gasteiger partial charge >= 0.3 is 11.9 Å². The molecule has 2 saturated heterocycles. The third-order valence-corrected chi connectivity index (χ3v) is 8.23. The van der Waals surface area contributed by atoms with E-state index in [2.05, 4.69) is 13.2 Å². The van der Waals surface area contributed by atoms with Gasteiger partial charge in [0.1, 0.15) is 13.2 Å². The summed E-state index contributed by atoms with van der Waals surface area (Å²) in [6, 6.07) is 0. The number of hydrogen-bond acceptors (Lipinski definition) is 8. The van der Waals surface area contributed by atoms with E-state index in [1.54, 1.807) is 0 Å². The molecule has 4 amide bonds. The Kier molecular flexibility index (Phi) is 7.70. The van der Waals surface area contributed by atoms with Crippen molar-refractivity contribution in [2.45, 2.75) is 38.5 Å². The maximum Gasteiger partial charge on any atom is 0.330 e. The maximum absolute atomic E-state index is 13.0. The standard InChI is InChI=1S/C26H32N2O8/c1-3-21(29)35-11-9-27-23(31)17-7-5-15(13-19(17)25(27)33)16-6-8-18-20(14-16)26(34)28(24(18)32)10-12-36-22(30)4-2/h3-4,15-20H,1-2,5-14H2. The van der Waals surface area contributed by atoms with Gasteiger partial charge in [-0.1, -0.05) is 13.2 Å². The van der Waals surface area contributed by atoms with Gasteiger partial charge in [0.2, 0.25) is 23.6 Å². The molecule has 36 heavy (non-hydrogen) atoms. The molecular formula is C26H32N2O8. The third-order valence-electron chi connectivity index (χ3n) is 8.23. The Labute approximate surface area is 209 Å². The Morgan fingerprint density at radius 2 is 1.03 bits per heavy atom. The summed E-state index contributed by atoms with van der Waals surface area (Å²) >= 11 is 0. The van der Waals surface area contributed by atoms with Crippen LogP contribution in [0.5, 0.6) is 0 Å². The fraction of sp³-hybridized carbons (Fsp3) is 0.615. The Balaban J connectivity index is 1.33. The number of rotatable bonds is 9. The predicted molar refractivity (Wildman–Crippen MR) is 124 cm³/mol. The monoisotopic (exact) mass is 500 g/mol. The number of carbonyl (C=O) groups is 6. The Morgan fingerprint density at radius 3 is 1.39 bits per heavy atom. The second-order valence-corrected chi connectivity index (χ2v) is 9.97. The highest BCUT2D eigenvalue weighted by Gasteiger charge is 2.54. The van der Waals surface area contributed by atoms with Crippen LogP contribution in [0.1, 0.15) is 38.5 Å². The van der Waals surface area contributed by atoms with Gasteiger partial charge in [-0.15, -0.1) is 0 Å². The molecule has 4 aliphatic rings. The van der Waals surface area contributed by atoms with Gasteiger partial charge in [-0.2, -0.15) is 0 Å². The summed E-state index contributed by atoms with van der Waals surface area (Å²) < 4.78 is 9.87. The highest BCUT2D eigenvalue weighted by Crippen LogP contribution is 2.49. The van der Waals surface area contributed by atoms with Gasteiger partial charge in [0.15, 0.2) is 0 Å². The summed E-state index contributed by atoms with van der Waals surface area (Å²) in [5, 5.41) is 0. The number of nitrogens with zero attached hydrogens (tertiary/aromatic N) is 2. The first-order valence-electron chi connectivity index (χ1n) is 12.6. The molecule has 0 aromatic heterocycles. The van der Waals surface area contributed by atoms with Crippen molar-refractivity contribution in [3.8, 4) is 0 Å². The number of imide groups is 2. The van der Waals surface area contributed by atoms with Crippen LogP contribution in [0.25, 0.3) is 0 Å². The lowest BCUT2D eigenvalue weighted by Gasteiger charge is -2.38.